The van der Waals surface area contributed by atoms with E-state index >= 15 is 0 Å². The lowest BCUT2D eigenvalue weighted by molar-refractivity contribution is 0.174. The van der Waals surface area contributed by atoms with Crippen LogP contribution in [0.1, 0.15) is 38.5 Å². The van der Waals surface area contributed by atoms with Crippen molar-refractivity contribution in [3.8, 4) is 0 Å². The summed E-state index contributed by atoms with van der Waals surface area (Å²) >= 11 is 0. The van der Waals surface area contributed by atoms with Crippen LogP contribution < -0.4 is 0 Å². The summed E-state index contributed by atoms with van der Waals surface area (Å²) in [4.78, 5) is 41.9. The van der Waals surface area contributed by atoms with Gasteiger partial charge in [-0.2, -0.15) is 0 Å². The molecule has 0 aromatic carbocycles. The number of hydrogen-bond acceptors (Lipinski definition) is 6. The zero-order valence-corrected chi connectivity index (χ0v) is 12.7. The third kappa shape index (κ3) is 3.86. The molecule has 0 aromatic heterocycles. The molecule has 2 fully saturated rings. The Morgan fingerprint density at radius 1 is 0.818 bits per heavy atom. The van der Waals surface area contributed by atoms with Crippen LogP contribution in [0.15, 0.2) is 15.0 Å². The molecule has 0 saturated heterocycles. The normalized spacial score (nSPS) is 31.9. The Morgan fingerprint density at radius 2 is 1.45 bits per heavy atom. The number of fused-ring (bicyclic) bond motifs is 2. The molecule has 0 N–H and O–H groups in total. The Kier molecular flexibility index (Phi) is 5.97. The first-order chi connectivity index (χ1) is 10.7. The van der Waals surface area contributed by atoms with Crippen LogP contribution in [-0.2, 0) is 14.4 Å². The zero-order valence-electron chi connectivity index (χ0n) is 12.7. The molecule has 118 valence electrons. The largest absolute Gasteiger partial charge is 0.234 e. The quantitative estimate of drug-likeness (QED) is 0.371. The highest BCUT2D eigenvalue weighted by Gasteiger charge is 2.54. The first kappa shape index (κ1) is 16.5. The van der Waals surface area contributed by atoms with Crippen molar-refractivity contribution < 1.29 is 14.4 Å². The van der Waals surface area contributed by atoms with Crippen molar-refractivity contribution in [3.63, 3.8) is 0 Å². The maximum atomic E-state index is 10.5. The molecule has 2 saturated carbocycles. The highest BCUT2D eigenvalue weighted by Crippen LogP contribution is 2.61. The summed E-state index contributed by atoms with van der Waals surface area (Å²) in [5.74, 6) is 1.72. The molecule has 0 aliphatic heterocycles. The van der Waals surface area contributed by atoms with E-state index in [0.717, 1.165) is 38.5 Å². The monoisotopic (exact) mass is 303 g/mol. The Balaban J connectivity index is 1.98. The Bertz CT molecular complexity index is 527. The predicted octanol–water partition coefficient (Wildman–Crippen LogP) is 2.20. The van der Waals surface area contributed by atoms with Gasteiger partial charge in [0, 0.05) is 0 Å². The molecule has 4 unspecified atom stereocenters. The second-order valence-corrected chi connectivity index (χ2v) is 6.58. The molecular formula is C16H21N3O3. The van der Waals surface area contributed by atoms with Gasteiger partial charge in [-0.15, -0.1) is 0 Å². The van der Waals surface area contributed by atoms with E-state index in [9.17, 15) is 14.4 Å². The second-order valence-electron chi connectivity index (χ2n) is 6.58. The highest BCUT2D eigenvalue weighted by atomic mass is 16.1. The Morgan fingerprint density at radius 3 is 2.14 bits per heavy atom. The van der Waals surface area contributed by atoms with Crippen LogP contribution in [-0.4, -0.2) is 37.9 Å². The van der Waals surface area contributed by atoms with E-state index in [1.54, 1.807) is 18.2 Å². The van der Waals surface area contributed by atoms with Crippen molar-refractivity contribution in [2.75, 3.05) is 19.6 Å². The molecule has 0 amide bonds. The lowest BCUT2D eigenvalue weighted by Gasteiger charge is -2.33. The van der Waals surface area contributed by atoms with Gasteiger partial charge < -0.3 is 0 Å². The van der Waals surface area contributed by atoms with Crippen molar-refractivity contribution in [3.05, 3.63) is 0 Å². The van der Waals surface area contributed by atoms with E-state index in [-0.39, 0.29) is 5.41 Å². The van der Waals surface area contributed by atoms with Crippen LogP contribution in [0.4, 0.5) is 0 Å². The smallest absolute Gasteiger partial charge is 0.211 e. The maximum Gasteiger partial charge on any atom is 0.234 e. The van der Waals surface area contributed by atoms with Gasteiger partial charge in [-0.05, 0) is 61.7 Å². The number of carbonyl (C=O) groups excluding carboxylic acids is 3. The Hall–Kier alpha value is -1.86. The molecule has 2 aliphatic carbocycles. The highest BCUT2D eigenvalue weighted by molar-refractivity contribution is 5.33. The topological polar surface area (TPSA) is 88.3 Å². The molecule has 4 atom stereocenters. The SMILES string of the molecule is O=C=NCCCC1CC2(CN=C=O)CC(CCN=C=O)C1C2. The number of hydrogen-bond donors (Lipinski definition) is 0. The lowest BCUT2D eigenvalue weighted by atomic mass is 9.72. The molecule has 0 spiro atoms. The molecule has 22 heavy (non-hydrogen) atoms. The standard InChI is InChI=1S/C16H21N3O3/c20-10-17-4-1-2-13-6-16(9-19-12-22)7-14(15(13)8-16)3-5-18-11-21/h13-15H,1-9H2. The average Bonchev–Trinajstić information content (AvgIpc) is 3.05. The van der Waals surface area contributed by atoms with Gasteiger partial charge in [0.25, 0.3) is 0 Å². The van der Waals surface area contributed by atoms with Crippen molar-refractivity contribution >= 4 is 18.2 Å². The molecule has 0 radical (unpaired) electrons. The van der Waals surface area contributed by atoms with Crippen LogP contribution in [0.3, 0.4) is 0 Å². The second kappa shape index (κ2) is 7.95. The first-order valence-electron chi connectivity index (χ1n) is 7.85. The van der Waals surface area contributed by atoms with Crippen LogP contribution >= 0.6 is 0 Å². The molecule has 2 aliphatic rings. The van der Waals surface area contributed by atoms with Crippen LogP contribution in [0, 0.1) is 23.2 Å². The summed E-state index contributed by atoms with van der Waals surface area (Å²) in [6.45, 7) is 1.62. The van der Waals surface area contributed by atoms with Crippen molar-refractivity contribution in [1.82, 2.24) is 0 Å². The number of isocyanates is 3. The van der Waals surface area contributed by atoms with E-state index in [0.29, 0.717) is 37.4 Å². The minimum absolute atomic E-state index is 0.121. The molecule has 2 rings (SSSR count). The van der Waals surface area contributed by atoms with Crippen molar-refractivity contribution in [1.29, 1.82) is 0 Å². The number of nitrogens with zero attached hydrogens (tertiary/aromatic N) is 3. The molecule has 6 nitrogen and oxygen atoms in total. The van der Waals surface area contributed by atoms with E-state index in [1.807, 2.05) is 0 Å². The van der Waals surface area contributed by atoms with E-state index < -0.39 is 0 Å². The maximum absolute atomic E-state index is 10.5. The number of rotatable bonds is 9. The summed E-state index contributed by atoms with van der Waals surface area (Å²) in [6.07, 6.45) is 10.9. The minimum atomic E-state index is 0.121. The van der Waals surface area contributed by atoms with Gasteiger partial charge in [0.2, 0.25) is 18.2 Å². The summed E-state index contributed by atoms with van der Waals surface area (Å²) in [6, 6.07) is 0. The van der Waals surface area contributed by atoms with Gasteiger partial charge in [-0.1, -0.05) is 0 Å². The van der Waals surface area contributed by atoms with Crippen LogP contribution in [0.2, 0.25) is 0 Å². The zero-order chi connectivity index (χ0) is 15.8. The van der Waals surface area contributed by atoms with E-state index in [2.05, 4.69) is 15.0 Å². The van der Waals surface area contributed by atoms with Gasteiger partial charge in [0.05, 0.1) is 19.6 Å². The summed E-state index contributed by atoms with van der Waals surface area (Å²) in [5, 5.41) is 0. The molecular weight excluding hydrogens is 282 g/mol. The molecule has 6 heteroatoms. The van der Waals surface area contributed by atoms with Gasteiger partial charge in [-0.3, -0.25) is 0 Å². The van der Waals surface area contributed by atoms with Gasteiger partial charge in [0.15, 0.2) is 0 Å². The fourth-order valence-corrected chi connectivity index (χ4v) is 4.66. The third-order valence-corrected chi connectivity index (χ3v) is 5.33. The third-order valence-electron chi connectivity index (χ3n) is 5.33. The summed E-state index contributed by atoms with van der Waals surface area (Å²) in [5.41, 5.74) is 0.121. The van der Waals surface area contributed by atoms with Crippen LogP contribution in [0.5, 0.6) is 0 Å². The summed E-state index contributed by atoms with van der Waals surface area (Å²) < 4.78 is 0. The fraction of sp³-hybridized carbons (Fsp3) is 0.812. The number of aliphatic imine (C=N–C) groups is 3. The molecule has 2 bridgehead atoms. The van der Waals surface area contributed by atoms with Crippen LogP contribution in [0.25, 0.3) is 0 Å². The van der Waals surface area contributed by atoms with E-state index in [1.165, 1.54) is 0 Å². The average molecular weight is 303 g/mol. The van der Waals surface area contributed by atoms with Crippen molar-refractivity contribution in [2.45, 2.75) is 38.5 Å². The Labute approximate surface area is 129 Å². The predicted molar refractivity (Wildman–Crippen MR) is 79.6 cm³/mol. The first-order valence-corrected chi connectivity index (χ1v) is 7.85. The lowest BCUT2D eigenvalue weighted by Crippen LogP contribution is -2.27. The van der Waals surface area contributed by atoms with Gasteiger partial charge >= 0.3 is 0 Å². The minimum Gasteiger partial charge on any atom is -0.211 e. The fourth-order valence-electron chi connectivity index (χ4n) is 4.66. The van der Waals surface area contributed by atoms with Gasteiger partial charge in [-0.25, -0.2) is 29.4 Å². The van der Waals surface area contributed by atoms with E-state index in [4.69, 9.17) is 0 Å². The molecule has 0 aromatic rings. The van der Waals surface area contributed by atoms with Crippen molar-refractivity contribution in [2.24, 2.45) is 38.1 Å². The van der Waals surface area contributed by atoms with Gasteiger partial charge in [0.1, 0.15) is 0 Å². The molecule has 0 heterocycles. The summed E-state index contributed by atoms with van der Waals surface area (Å²) in [7, 11) is 0.